The fraction of sp³-hybridized carbons (Fsp3) is 0.200. The minimum absolute atomic E-state index is 0.247. The summed E-state index contributed by atoms with van der Waals surface area (Å²) >= 11 is 0. The monoisotopic (exact) mass is 1170 g/mol. The van der Waals surface area contributed by atoms with E-state index in [9.17, 15) is 25.9 Å². The van der Waals surface area contributed by atoms with E-state index in [0.29, 0.717) is 43.9 Å². The topological polar surface area (TPSA) is 151 Å². The summed E-state index contributed by atoms with van der Waals surface area (Å²) < 4.78 is 79.7. The van der Waals surface area contributed by atoms with Gasteiger partial charge in [0, 0.05) is 99.6 Å². The van der Waals surface area contributed by atoms with Crippen LogP contribution in [0.1, 0.15) is 54.2 Å². The summed E-state index contributed by atoms with van der Waals surface area (Å²) in [6, 6.07) is 54.1. The van der Waals surface area contributed by atoms with Gasteiger partial charge in [-0.25, -0.2) is 26.0 Å². The molecule has 0 radical (unpaired) electrons. The first-order chi connectivity index (χ1) is 40.7. The number of hydrogen-bond acceptors (Lipinski definition) is 11. The number of allylic oxidation sites excluding steroid dienone is 10. The smallest absolute Gasteiger partial charge is 0.200 e. The van der Waals surface area contributed by atoms with Crippen LogP contribution in [0.3, 0.4) is 0 Å². The highest BCUT2D eigenvalue weighted by atomic mass is 32.2. The minimum atomic E-state index is -4.57. The largest absolute Gasteiger partial charge is 0.744 e. The summed E-state index contributed by atoms with van der Waals surface area (Å²) in [6.45, 7) is 8.74. The summed E-state index contributed by atoms with van der Waals surface area (Å²) in [4.78, 5) is 5.87. The Morgan fingerprint density at radius 2 is 0.894 bits per heavy atom. The van der Waals surface area contributed by atoms with Crippen LogP contribution in [0, 0.1) is 0 Å². The van der Waals surface area contributed by atoms with Gasteiger partial charge in [0.1, 0.15) is 46.6 Å². The number of rotatable bonds is 19. The van der Waals surface area contributed by atoms with Crippen molar-refractivity contribution >= 4 is 71.2 Å². The molecule has 0 heterocycles. The van der Waals surface area contributed by atoms with Gasteiger partial charge in [-0.05, 0) is 192 Å². The standard InChI is InChI=1S/C45H45N3O7S2.C25H30N3/c1-4-47(31-33-9-7-11-43(29-33)56(49,50)51)40-23-15-36(16-24-40)45(35-13-19-38(20-14-35)46-39-21-27-42(28-22-39)55-6-3)37-17-25-41(26-18-37)48(5-2)32-34-10-8-12-44(30-34)57(52,53)54;1-26(2)22-13-7-19(8-14-22)25(20-9-15-23(16-10-20)27(3)4)21-11-17-24(18-12-21)28(5)6/h7-30H,4-6,31-32H2,1-3H3,(H2,49,50,51,52,53,54);7-18H,1-6H3/q;+1/p-1. The van der Waals surface area contributed by atoms with Gasteiger partial charge < -0.3 is 33.9 Å². The van der Waals surface area contributed by atoms with E-state index in [1.54, 1.807) is 12.1 Å². The maximum absolute atomic E-state index is 11.7. The molecule has 9 rings (SSSR count). The van der Waals surface area contributed by atoms with E-state index in [1.807, 2.05) is 93.6 Å². The van der Waals surface area contributed by atoms with Crippen LogP contribution < -0.4 is 24.8 Å². The van der Waals surface area contributed by atoms with Crippen molar-refractivity contribution in [2.45, 2.75) is 43.7 Å². The van der Waals surface area contributed by atoms with E-state index in [1.165, 1.54) is 63.6 Å². The van der Waals surface area contributed by atoms with Crippen molar-refractivity contribution in [1.82, 2.24) is 0 Å². The average Bonchev–Trinajstić information content (AvgIpc) is 2.23. The number of nitrogens with zero attached hydrogens (tertiary/aromatic N) is 5. The second-order valence-electron chi connectivity index (χ2n) is 21.1. The lowest BCUT2D eigenvalue weighted by atomic mass is 9.90. The highest BCUT2D eigenvalue weighted by Gasteiger charge is 2.19. The zero-order chi connectivity index (χ0) is 60.8. The Labute approximate surface area is 502 Å². The zero-order valence-corrected chi connectivity index (χ0v) is 51.4. The quantitative estimate of drug-likeness (QED) is 0.0608. The van der Waals surface area contributed by atoms with Crippen molar-refractivity contribution in [3.8, 4) is 5.75 Å². The lowest BCUT2D eigenvalue weighted by molar-refractivity contribution is -0.539. The molecule has 0 bridgehead atoms. The fourth-order valence-electron chi connectivity index (χ4n) is 9.96. The molecule has 2 aliphatic rings. The van der Waals surface area contributed by atoms with Gasteiger partial charge >= 0.3 is 0 Å². The van der Waals surface area contributed by atoms with E-state index in [2.05, 4.69) is 181 Å². The lowest BCUT2D eigenvalue weighted by Crippen LogP contribution is -2.22. The number of benzene rings is 7. The van der Waals surface area contributed by atoms with E-state index >= 15 is 0 Å². The predicted molar refractivity (Wildman–Crippen MR) is 346 cm³/mol. The molecule has 85 heavy (non-hydrogen) atoms. The third-order valence-electron chi connectivity index (χ3n) is 14.6. The van der Waals surface area contributed by atoms with Gasteiger partial charge in [-0.3, -0.25) is 0 Å². The maximum atomic E-state index is 11.7. The minimum Gasteiger partial charge on any atom is -0.744 e. The van der Waals surface area contributed by atoms with Crippen LogP contribution >= 0.6 is 0 Å². The lowest BCUT2D eigenvalue weighted by Gasteiger charge is -2.24. The Hall–Kier alpha value is -8.86. The van der Waals surface area contributed by atoms with Crippen molar-refractivity contribution in [3.63, 3.8) is 0 Å². The van der Waals surface area contributed by atoms with Crippen LogP contribution in [0.4, 0.5) is 28.4 Å². The van der Waals surface area contributed by atoms with Gasteiger partial charge in [0.2, 0.25) is 0 Å². The fourth-order valence-corrected chi connectivity index (χ4v) is 11.0. The molecule has 0 aliphatic heterocycles. The first-order valence-corrected chi connectivity index (χ1v) is 31.0. The molecule has 1 N–H and O–H groups in total. The maximum Gasteiger partial charge on any atom is 0.200 e. The van der Waals surface area contributed by atoms with E-state index in [-0.39, 0.29) is 9.79 Å². The molecule has 0 aromatic heterocycles. The molecule has 0 saturated heterocycles. The molecule has 0 atom stereocenters. The van der Waals surface area contributed by atoms with Gasteiger partial charge in [-0.15, -0.1) is 0 Å². The highest BCUT2D eigenvalue weighted by Crippen LogP contribution is 2.35. The third-order valence-corrected chi connectivity index (χ3v) is 16.2. The van der Waals surface area contributed by atoms with Crippen molar-refractivity contribution in [1.29, 1.82) is 0 Å². The Kier molecular flexibility index (Phi) is 20.6. The molecular weight excluding hydrogens is 1100 g/mol. The first-order valence-electron chi connectivity index (χ1n) is 28.2. The summed E-state index contributed by atoms with van der Waals surface area (Å²) in [6.07, 6.45) is 17.0. The molecular formula is C70H74N6O7S2. The van der Waals surface area contributed by atoms with E-state index < -0.39 is 20.2 Å². The summed E-state index contributed by atoms with van der Waals surface area (Å²) in [5.74, 6) is 0.812. The van der Waals surface area contributed by atoms with Crippen molar-refractivity contribution in [2.75, 3.05) is 82.0 Å². The van der Waals surface area contributed by atoms with Crippen LogP contribution in [0.2, 0.25) is 0 Å². The van der Waals surface area contributed by atoms with Crippen LogP contribution in [-0.2, 0) is 33.3 Å². The third kappa shape index (κ3) is 16.5. The number of ether oxygens (including phenoxy) is 1. The van der Waals surface area contributed by atoms with E-state index in [0.717, 1.165) is 50.8 Å². The van der Waals surface area contributed by atoms with Gasteiger partial charge in [-0.1, -0.05) is 72.8 Å². The molecule has 438 valence electrons. The molecule has 0 saturated carbocycles. The average molecular weight is 1180 g/mol. The Bertz CT molecular complexity index is 3900. The Morgan fingerprint density at radius 3 is 1.29 bits per heavy atom. The predicted octanol–water partition coefficient (Wildman–Crippen LogP) is 12.7. The van der Waals surface area contributed by atoms with Crippen molar-refractivity contribution in [3.05, 3.63) is 263 Å². The Morgan fingerprint density at radius 1 is 0.494 bits per heavy atom. The molecule has 7 aromatic rings. The van der Waals surface area contributed by atoms with Crippen LogP contribution in [-0.4, -0.2) is 108 Å². The molecule has 13 nitrogen and oxygen atoms in total. The van der Waals surface area contributed by atoms with E-state index in [4.69, 9.17) is 4.74 Å². The van der Waals surface area contributed by atoms with Gasteiger partial charge in [0.15, 0.2) is 18.0 Å². The number of nitrogens with one attached hydrogen (secondary N) is 1. The molecule has 7 aromatic carbocycles. The number of hydrogen-bond donors (Lipinski definition) is 1. The normalized spacial score (nSPS) is 12.8. The number of anilines is 5. The summed E-state index contributed by atoms with van der Waals surface area (Å²) in [5, 5.41) is 3.46. The summed E-state index contributed by atoms with van der Waals surface area (Å²) in [5.41, 5.74) is 17.7. The van der Waals surface area contributed by atoms with Crippen LogP contribution in [0.15, 0.2) is 239 Å². The molecule has 0 amide bonds. The second-order valence-corrected chi connectivity index (χ2v) is 23.8. The summed E-state index contributed by atoms with van der Waals surface area (Å²) in [7, 11) is 3.28. The zero-order valence-electron chi connectivity index (χ0n) is 49.7. The Balaban J connectivity index is 0.000000280. The van der Waals surface area contributed by atoms with Crippen molar-refractivity contribution in [2.24, 2.45) is 0 Å². The molecule has 0 unspecified atom stereocenters. The second kappa shape index (κ2) is 28.1. The molecule has 2 aliphatic carbocycles. The van der Waals surface area contributed by atoms with Crippen LogP contribution in [0.5, 0.6) is 5.75 Å². The first kappa shape index (κ1) is 62.2. The molecule has 15 heteroatoms. The van der Waals surface area contributed by atoms with Crippen LogP contribution in [0.25, 0.3) is 11.1 Å². The van der Waals surface area contributed by atoms with Gasteiger partial charge in [-0.2, -0.15) is 0 Å². The molecule has 0 spiro atoms. The molecule has 0 fully saturated rings. The highest BCUT2D eigenvalue weighted by molar-refractivity contribution is 7.86. The van der Waals surface area contributed by atoms with Crippen molar-refractivity contribution < 1.29 is 39.8 Å². The van der Waals surface area contributed by atoms with Gasteiger partial charge in [0.05, 0.1) is 16.4 Å². The SMILES string of the molecule is CCOc1ccc(Nc2ccc(C(=C3C=CC(=[N+](CC)Cc4cccc(S(=O)(=O)[O-])c4)C=C3)c3ccc(N(CC)Cc4cccc(S(=O)(=O)[O-])c4)cc3)cc2)cc1.CN(C)c1ccc(C(=C2C=CC(=[N+](C)C)C=C2)c2ccc(N(C)C)cc2)cc1. The van der Waals surface area contributed by atoms with Gasteiger partial charge in [0.25, 0.3) is 0 Å².